The van der Waals surface area contributed by atoms with E-state index in [1.54, 1.807) is 0 Å². The van der Waals surface area contributed by atoms with E-state index in [4.69, 9.17) is 14.2 Å². The highest BCUT2D eigenvalue weighted by Crippen LogP contribution is 2.69. The molecule has 176 valence electrons. The minimum atomic E-state index is -4.49. The summed E-state index contributed by atoms with van der Waals surface area (Å²) in [6, 6.07) is 14.2. The molecule has 3 aromatic rings. The maximum Gasteiger partial charge on any atom is 0.416 e. The van der Waals surface area contributed by atoms with Crippen LogP contribution in [0.15, 0.2) is 78.8 Å². The summed E-state index contributed by atoms with van der Waals surface area (Å²) in [5.41, 5.74) is -1.91. The van der Waals surface area contributed by atoms with E-state index in [0.29, 0.717) is 34.6 Å². The molecule has 3 atom stereocenters. The molecule has 1 aliphatic carbocycles. The van der Waals surface area contributed by atoms with Gasteiger partial charge in [0, 0.05) is 11.5 Å². The monoisotopic (exact) mass is 469 g/mol. The van der Waals surface area contributed by atoms with E-state index in [0.717, 1.165) is 17.7 Å². The summed E-state index contributed by atoms with van der Waals surface area (Å²) in [5.74, 6) is 0.155. The zero-order valence-corrected chi connectivity index (χ0v) is 18.5. The lowest BCUT2D eigenvalue weighted by molar-refractivity contribution is -0.137. The molecule has 5 rings (SSSR count). The molecule has 5 nitrogen and oxygen atoms in total. The van der Waals surface area contributed by atoms with Gasteiger partial charge >= 0.3 is 6.18 Å². The fourth-order valence-electron chi connectivity index (χ4n) is 5.37. The number of alkyl halides is 3. The molecule has 1 saturated carbocycles. The molecule has 34 heavy (non-hydrogen) atoms. The molecule has 0 radical (unpaired) electrons. The van der Waals surface area contributed by atoms with Crippen LogP contribution in [0.4, 0.5) is 13.2 Å². The van der Waals surface area contributed by atoms with Crippen LogP contribution in [0.1, 0.15) is 34.6 Å². The second kappa shape index (κ2) is 7.77. The van der Waals surface area contributed by atoms with Crippen molar-refractivity contribution in [1.82, 2.24) is 4.98 Å². The lowest BCUT2D eigenvalue weighted by Gasteiger charge is -2.40. The number of methoxy groups -OCH3 is 2. The van der Waals surface area contributed by atoms with Crippen molar-refractivity contribution < 1.29 is 32.5 Å². The number of aliphatic hydroxyl groups is 1. The van der Waals surface area contributed by atoms with Crippen molar-refractivity contribution in [2.75, 3.05) is 14.2 Å². The van der Waals surface area contributed by atoms with Crippen LogP contribution in [0, 0.1) is 0 Å². The molecule has 8 heteroatoms. The van der Waals surface area contributed by atoms with Gasteiger partial charge in [0.25, 0.3) is 0 Å². The fraction of sp³-hybridized carbons (Fsp3) is 0.269. The van der Waals surface area contributed by atoms with Gasteiger partial charge in [-0.3, -0.25) is 4.98 Å². The van der Waals surface area contributed by atoms with Crippen molar-refractivity contribution in [3.63, 3.8) is 0 Å². The third kappa shape index (κ3) is 2.94. The topological polar surface area (TPSA) is 60.8 Å². The first-order valence-electron chi connectivity index (χ1n) is 10.7. The largest absolute Gasteiger partial charge is 0.504 e. The molecule has 2 aliphatic rings. The van der Waals surface area contributed by atoms with Crippen LogP contribution in [0.3, 0.4) is 0 Å². The Morgan fingerprint density at radius 1 is 1.06 bits per heavy atom. The van der Waals surface area contributed by atoms with Crippen LogP contribution in [-0.4, -0.2) is 24.3 Å². The molecule has 0 saturated heterocycles. The van der Waals surface area contributed by atoms with Crippen molar-refractivity contribution in [2.45, 2.75) is 29.7 Å². The second-order valence-electron chi connectivity index (χ2n) is 8.38. The van der Waals surface area contributed by atoms with E-state index in [2.05, 4.69) is 4.98 Å². The zero-order chi connectivity index (χ0) is 24.1. The number of aromatic nitrogens is 1. The third-order valence-electron chi connectivity index (χ3n) is 6.75. The summed E-state index contributed by atoms with van der Waals surface area (Å²) in [7, 11) is 2.94. The lowest BCUT2D eigenvalue weighted by Crippen LogP contribution is -2.48. The van der Waals surface area contributed by atoms with Crippen LogP contribution in [-0.2, 0) is 22.1 Å². The molecule has 1 fully saturated rings. The van der Waals surface area contributed by atoms with Gasteiger partial charge < -0.3 is 19.3 Å². The Balaban J connectivity index is 1.82. The van der Waals surface area contributed by atoms with E-state index < -0.39 is 28.9 Å². The number of pyridine rings is 1. The quantitative estimate of drug-likeness (QED) is 0.526. The fourth-order valence-corrected chi connectivity index (χ4v) is 5.37. The maximum atomic E-state index is 13.3. The van der Waals surface area contributed by atoms with Crippen molar-refractivity contribution in [3.8, 4) is 11.5 Å². The molecule has 0 spiro atoms. The third-order valence-corrected chi connectivity index (χ3v) is 6.75. The van der Waals surface area contributed by atoms with E-state index >= 15 is 0 Å². The Morgan fingerprint density at radius 3 is 2.38 bits per heavy atom. The summed E-state index contributed by atoms with van der Waals surface area (Å²) in [5, 5.41) is 12.5. The number of hydrogen-bond acceptors (Lipinski definition) is 5. The predicted molar refractivity (Wildman–Crippen MR) is 117 cm³/mol. The van der Waals surface area contributed by atoms with Crippen LogP contribution in [0.5, 0.6) is 11.5 Å². The number of ether oxygens (including phenoxy) is 3. The number of nitrogens with zero attached hydrogens (tertiary/aromatic N) is 1. The van der Waals surface area contributed by atoms with Gasteiger partial charge in [-0.1, -0.05) is 42.5 Å². The highest BCUT2D eigenvalue weighted by atomic mass is 19.4. The minimum Gasteiger partial charge on any atom is -0.504 e. The van der Waals surface area contributed by atoms with Crippen LogP contribution < -0.4 is 9.47 Å². The highest BCUT2D eigenvalue weighted by molar-refractivity contribution is 5.63. The molecule has 1 aliphatic heterocycles. The van der Waals surface area contributed by atoms with Crippen molar-refractivity contribution in [2.24, 2.45) is 0 Å². The molecule has 0 unspecified atom stereocenters. The first kappa shape index (κ1) is 22.3. The smallest absolute Gasteiger partial charge is 0.416 e. The van der Waals surface area contributed by atoms with Gasteiger partial charge in [-0.25, -0.2) is 0 Å². The predicted octanol–water partition coefficient (Wildman–Crippen LogP) is 5.30. The summed E-state index contributed by atoms with van der Waals surface area (Å²) in [6.45, 7) is 0. The number of rotatable bonds is 4. The molecule has 0 amide bonds. The van der Waals surface area contributed by atoms with E-state index in [-0.39, 0.29) is 0 Å². The Morgan fingerprint density at radius 2 is 1.76 bits per heavy atom. The van der Waals surface area contributed by atoms with Gasteiger partial charge in [0.15, 0.2) is 11.2 Å². The minimum absolute atomic E-state index is 0.296. The lowest BCUT2D eigenvalue weighted by atomic mass is 9.71. The first-order chi connectivity index (χ1) is 16.3. The van der Waals surface area contributed by atoms with Crippen LogP contribution in [0.25, 0.3) is 0 Å². The standard InChI is InChI=1S/C26H22F3NO4/c1-32-15-19-12-20(16-6-4-3-5-7-16)25(17-8-10-18(11-9-17)26(27,28)29)24(19,31)23-21(33-2)13-30-14-22(23)34-25/h3-11,13-15,20,31H,12H2,1-2H3/b19-15+/t20-,24+,25-/m0/s1. The maximum absolute atomic E-state index is 13.3. The normalized spacial score (nSPS) is 26.6. The number of hydrogen-bond donors (Lipinski definition) is 1. The Hall–Kier alpha value is -3.52. The van der Waals surface area contributed by atoms with Gasteiger partial charge in [0.05, 0.1) is 44.0 Å². The van der Waals surface area contributed by atoms with Crippen molar-refractivity contribution in [3.05, 3.63) is 101 Å². The SMILES string of the molecule is CO/C=C1\C[C@@H](c2ccccc2)[C@]2(c3ccc(C(F)(F)F)cc3)Oc3cncc(OC)c3[C@]12O. The van der Waals surface area contributed by atoms with E-state index in [9.17, 15) is 18.3 Å². The van der Waals surface area contributed by atoms with Crippen molar-refractivity contribution in [1.29, 1.82) is 0 Å². The average Bonchev–Trinajstić information content (AvgIpc) is 3.25. The summed E-state index contributed by atoms with van der Waals surface area (Å²) in [4.78, 5) is 4.16. The van der Waals surface area contributed by atoms with Gasteiger partial charge in [-0.2, -0.15) is 13.2 Å². The first-order valence-corrected chi connectivity index (χ1v) is 10.7. The van der Waals surface area contributed by atoms with Gasteiger partial charge in [-0.05, 0) is 29.7 Å². The Kier molecular flexibility index (Phi) is 5.09. The molecule has 2 heterocycles. The van der Waals surface area contributed by atoms with Gasteiger partial charge in [-0.15, -0.1) is 0 Å². The molecule has 2 aromatic carbocycles. The molecule has 1 aromatic heterocycles. The molecule has 1 N–H and O–H groups in total. The number of fused-ring (bicyclic) bond motifs is 3. The van der Waals surface area contributed by atoms with Crippen LogP contribution >= 0.6 is 0 Å². The molecular formula is C26H22F3NO4. The average molecular weight is 469 g/mol. The Bertz CT molecular complexity index is 1240. The van der Waals surface area contributed by atoms with Gasteiger partial charge in [0.2, 0.25) is 0 Å². The van der Waals surface area contributed by atoms with Gasteiger partial charge in [0.1, 0.15) is 11.5 Å². The zero-order valence-electron chi connectivity index (χ0n) is 18.5. The van der Waals surface area contributed by atoms with E-state index in [1.807, 2.05) is 30.3 Å². The summed E-state index contributed by atoms with van der Waals surface area (Å²) in [6.07, 6.45) is 0.283. The highest BCUT2D eigenvalue weighted by Gasteiger charge is 2.72. The number of halogens is 3. The number of benzene rings is 2. The van der Waals surface area contributed by atoms with E-state index in [1.165, 1.54) is 45.0 Å². The Labute approximate surface area is 194 Å². The summed E-state index contributed by atoms with van der Waals surface area (Å²) < 4.78 is 57.4. The van der Waals surface area contributed by atoms with Crippen LogP contribution in [0.2, 0.25) is 0 Å². The molecule has 0 bridgehead atoms. The summed E-state index contributed by atoms with van der Waals surface area (Å²) >= 11 is 0. The second-order valence-corrected chi connectivity index (χ2v) is 8.38. The van der Waals surface area contributed by atoms with Crippen molar-refractivity contribution >= 4 is 0 Å². The molecular weight excluding hydrogens is 447 g/mol.